The van der Waals surface area contributed by atoms with Gasteiger partial charge in [-0.15, -0.1) is 0 Å². The van der Waals surface area contributed by atoms with E-state index < -0.39 is 5.97 Å². The van der Waals surface area contributed by atoms with Gasteiger partial charge in [-0.1, -0.05) is 23.8 Å². The van der Waals surface area contributed by atoms with E-state index in [-0.39, 0.29) is 23.9 Å². The topological polar surface area (TPSA) is 81.7 Å². The van der Waals surface area contributed by atoms with E-state index in [1.54, 1.807) is 42.5 Å². The summed E-state index contributed by atoms with van der Waals surface area (Å²) in [5.41, 5.74) is 3.61. The lowest BCUT2D eigenvalue weighted by atomic mass is 10.0. The number of ketones is 1. The number of amides is 1. The van der Waals surface area contributed by atoms with E-state index in [2.05, 4.69) is 5.32 Å². The maximum atomic E-state index is 12.4. The first kappa shape index (κ1) is 21.8. The van der Waals surface area contributed by atoms with Gasteiger partial charge in [0, 0.05) is 16.8 Å². The van der Waals surface area contributed by atoms with Gasteiger partial charge in [0.05, 0.1) is 12.7 Å². The molecule has 0 aromatic heterocycles. The normalized spacial score (nSPS) is 10.3. The predicted molar refractivity (Wildman–Crippen MR) is 118 cm³/mol. The van der Waals surface area contributed by atoms with Gasteiger partial charge in [0.2, 0.25) is 5.78 Å². The molecule has 0 saturated heterocycles. The van der Waals surface area contributed by atoms with Crippen LogP contribution in [0, 0.1) is 13.8 Å². The fourth-order valence-electron chi connectivity index (χ4n) is 2.99. The number of nitrogens with one attached hydrogen (secondary N) is 1. The first-order chi connectivity index (χ1) is 14.9. The number of carbonyl (C=O) groups is 3. The highest BCUT2D eigenvalue weighted by Gasteiger charge is 2.14. The number of rotatable bonds is 7. The Hall–Kier alpha value is -3.93. The highest BCUT2D eigenvalue weighted by Crippen LogP contribution is 2.16. The third-order valence-electron chi connectivity index (χ3n) is 4.74. The van der Waals surface area contributed by atoms with Crippen LogP contribution in [0.3, 0.4) is 0 Å². The molecule has 0 atom stereocenters. The fourth-order valence-corrected chi connectivity index (χ4v) is 2.99. The van der Waals surface area contributed by atoms with E-state index in [9.17, 15) is 14.4 Å². The number of esters is 1. The number of carbonyl (C=O) groups excluding carboxylic acids is 3. The van der Waals surface area contributed by atoms with E-state index in [0.29, 0.717) is 22.6 Å². The van der Waals surface area contributed by atoms with Gasteiger partial charge in [-0.05, 0) is 67.9 Å². The van der Waals surface area contributed by atoms with Crippen molar-refractivity contribution in [1.29, 1.82) is 0 Å². The van der Waals surface area contributed by atoms with Crippen molar-refractivity contribution in [2.75, 3.05) is 19.0 Å². The Morgan fingerprint density at radius 3 is 2.32 bits per heavy atom. The van der Waals surface area contributed by atoms with Crippen molar-refractivity contribution < 1.29 is 23.9 Å². The summed E-state index contributed by atoms with van der Waals surface area (Å²) >= 11 is 0. The number of benzene rings is 3. The Balaban J connectivity index is 1.59. The monoisotopic (exact) mass is 417 g/mol. The Kier molecular flexibility index (Phi) is 6.82. The van der Waals surface area contributed by atoms with Gasteiger partial charge >= 0.3 is 5.97 Å². The summed E-state index contributed by atoms with van der Waals surface area (Å²) in [6.45, 7) is 3.40. The van der Waals surface area contributed by atoms with Crippen LogP contribution in [0.2, 0.25) is 0 Å². The predicted octanol–water partition coefficient (Wildman–Crippen LogP) is 4.60. The molecule has 6 nitrogen and oxygen atoms in total. The third-order valence-corrected chi connectivity index (χ3v) is 4.74. The van der Waals surface area contributed by atoms with Crippen LogP contribution in [0.5, 0.6) is 5.75 Å². The lowest BCUT2D eigenvalue weighted by Crippen LogP contribution is -2.15. The molecule has 1 amide bonds. The zero-order chi connectivity index (χ0) is 22.4. The first-order valence-electron chi connectivity index (χ1n) is 9.70. The molecule has 0 fully saturated rings. The van der Waals surface area contributed by atoms with E-state index >= 15 is 0 Å². The molecule has 3 aromatic carbocycles. The average Bonchev–Trinajstić information content (AvgIpc) is 2.79. The second-order valence-corrected chi connectivity index (χ2v) is 7.08. The van der Waals surface area contributed by atoms with Gasteiger partial charge in [-0.2, -0.15) is 0 Å². The van der Waals surface area contributed by atoms with E-state index in [0.717, 1.165) is 11.1 Å². The SMILES string of the molecule is COc1cccc(C(=O)Nc2ccc(C(=O)OCC(=O)c3cc(C)ccc3C)cc2)c1. The Morgan fingerprint density at radius 1 is 0.871 bits per heavy atom. The van der Waals surface area contributed by atoms with Crippen LogP contribution in [-0.4, -0.2) is 31.4 Å². The molecule has 0 aliphatic rings. The van der Waals surface area contributed by atoms with Gasteiger partial charge in [0.1, 0.15) is 5.75 Å². The number of Topliss-reactive ketones (excluding diaryl/α,β-unsaturated/α-hetero) is 1. The van der Waals surface area contributed by atoms with E-state index in [1.165, 1.54) is 19.2 Å². The van der Waals surface area contributed by atoms with Gasteiger partial charge in [-0.25, -0.2) is 4.79 Å². The molecule has 0 spiro atoms. The lowest BCUT2D eigenvalue weighted by Gasteiger charge is -2.09. The van der Waals surface area contributed by atoms with Crippen molar-refractivity contribution in [3.63, 3.8) is 0 Å². The number of aryl methyl sites for hydroxylation is 2. The smallest absolute Gasteiger partial charge is 0.338 e. The van der Waals surface area contributed by atoms with Crippen LogP contribution in [-0.2, 0) is 4.74 Å². The van der Waals surface area contributed by atoms with Crippen LogP contribution in [0.15, 0.2) is 66.7 Å². The standard InChI is InChI=1S/C25H23NO5/c1-16-7-8-17(2)22(13-16)23(27)15-31-25(29)18-9-11-20(12-10-18)26-24(28)19-5-4-6-21(14-19)30-3/h4-14H,15H2,1-3H3,(H,26,28). The first-order valence-corrected chi connectivity index (χ1v) is 9.70. The highest BCUT2D eigenvalue weighted by molar-refractivity contribution is 6.05. The molecular formula is C25H23NO5. The molecule has 0 aliphatic carbocycles. The van der Waals surface area contributed by atoms with Crippen molar-refractivity contribution in [1.82, 2.24) is 0 Å². The second-order valence-electron chi connectivity index (χ2n) is 7.08. The molecule has 31 heavy (non-hydrogen) atoms. The molecule has 1 N–H and O–H groups in total. The van der Waals surface area contributed by atoms with Gasteiger partial charge in [-0.3, -0.25) is 9.59 Å². The molecule has 6 heteroatoms. The van der Waals surface area contributed by atoms with Gasteiger partial charge < -0.3 is 14.8 Å². The number of ether oxygens (including phenoxy) is 2. The fraction of sp³-hybridized carbons (Fsp3) is 0.160. The van der Waals surface area contributed by atoms with E-state index in [4.69, 9.17) is 9.47 Å². The Labute approximate surface area is 180 Å². The zero-order valence-corrected chi connectivity index (χ0v) is 17.6. The number of methoxy groups -OCH3 is 1. The van der Waals surface area contributed by atoms with Crippen molar-refractivity contribution in [2.24, 2.45) is 0 Å². The van der Waals surface area contributed by atoms with Crippen molar-refractivity contribution in [2.45, 2.75) is 13.8 Å². The summed E-state index contributed by atoms with van der Waals surface area (Å²) in [4.78, 5) is 37.0. The molecule has 3 rings (SSSR count). The maximum Gasteiger partial charge on any atom is 0.338 e. The van der Waals surface area contributed by atoms with Crippen molar-refractivity contribution >= 4 is 23.3 Å². The number of hydrogen-bond donors (Lipinski definition) is 1. The molecule has 0 radical (unpaired) electrons. The largest absolute Gasteiger partial charge is 0.497 e. The number of anilines is 1. The summed E-state index contributed by atoms with van der Waals surface area (Å²) in [5, 5.41) is 2.76. The maximum absolute atomic E-state index is 12.4. The summed E-state index contributed by atoms with van der Waals surface area (Å²) in [6, 6.07) is 18.6. The minimum atomic E-state index is -0.607. The molecule has 158 valence electrons. The molecule has 0 aliphatic heterocycles. The van der Waals surface area contributed by atoms with Crippen LogP contribution in [0.25, 0.3) is 0 Å². The summed E-state index contributed by atoms with van der Waals surface area (Å²) in [7, 11) is 1.53. The molecule has 0 saturated carbocycles. The summed E-state index contributed by atoms with van der Waals surface area (Å²) < 4.78 is 10.3. The number of hydrogen-bond acceptors (Lipinski definition) is 5. The Bertz CT molecular complexity index is 1120. The third kappa shape index (κ3) is 5.57. The van der Waals surface area contributed by atoms with Crippen LogP contribution < -0.4 is 10.1 Å². The molecular weight excluding hydrogens is 394 g/mol. The van der Waals surface area contributed by atoms with Crippen LogP contribution in [0.4, 0.5) is 5.69 Å². The molecule has 0 heterocycles. The minimum Gasteiger partial charge on any atom is -0.497 e. The highest BCUT2D eigenvalue weighted by atomic mass is 16.5. The minimum absolute atomic E-state index is 0.253. The zero-order valence-electron chi connectivity index (χ0n) is 17.6. The van der Waals surface area contributed by atoms with Crippen LogP contribution in [0.1, 0.15) is 42.2 Å². The quantitative estimate of drug-likeness (QED) is 0.449. The average molecular weight is 417 g/mol. The lowest BCUT2D eigenvalue weighted by molar-refractivity contribution is 0.0474. The molecule has 3 aromatic rings. The van der Waals surface area contributed by atoms with Crippen LogP contribution >= 0.6 is 0 Å². The van der Waals surface area contributed by atoms with Crippen molar-refractivity contribution in [3.05, 3.63) is 94.5 Å². The summed E-state index contributed by atoms with van der Waals surface area (Å²) in [6.07, 6.45) is 0. The molecule has 0 bridgehead atoms. The van der Waals surface area contributed by atoms with Gasteiger partial charge in [0.15, 0.2) is 6.61 Å². The summed E-state index contributed by atoms with van der Waals surface area (Å²) in [5.74, 6) is -0.574. The molecule has 0 unspecified atom stereocenters. The second kappa shape index (κ2) is 9.71. The van der Waals surface area contributed by atoms with Crippen molar-refractivity contribution in [3.8, 4) is 5.75 Å². The van der Waals surface area contributed by atoms with Gasteiger partial charge in [0.25, 0.3) is 5.91 Å². The van der Waals surface area contributed by atoms with E-state index in [1.807, 2.05) is 26.0 Å². The Morgan fingerprint density at radius 2 is 1.61 bits per heavy atom.